The second-order valence-electron chi connectivity index (χ2n) is 6.57. The van der Waals surface area contributed by atoms with E-state index in [0.717, 1.165) is 16.9 Å². The first-order valence-electron chi connectivity index (χ1n) is 7.72. The van der Waals surface area contributed by atoms with Crippen LogP contribution in [0.2, 0.25) is 13.1 Å². The molecule has 0 aromatic heterocycles. The van der Waals surface area contributed by atoms with Crippen molar-refractivity contribution in [1.82, 2.24) is 0 Å². The quantitative estimate of drug-likeness (QED) is 0.451. The van der Waals surface area contributed by atoms with Crippen LogP contribution in [0.5, 0.6) is 5.75 Å². The molecule has 0 aliphatic carbocycles. The summed E-state index contributed by atoms with van der Waals surface area (Å²) in [6.45, 7) is 12.3. The lowest BCUT2D eigenvalue weighted by molar-refractivity contribution is -0.165. The van der Waals surface area contributed by atoms with Crippen LogP contribution >= 0.6 is 0 Å². The molecule has 0 fully saturated rings. The van der Waals surface area contributed by atoms with Gasteiger partial charge < -0.3 is 13.9 Å². The van der Waals surface area contributed by atoms with E-state index in [2.05, 4.69) is 20.8 Å². The molecular weight excluding hydrogens is 296 g/mol. The van der Waals surface area contributed by atoms with Crippen LogP contribution in [0, 0.1) is 0 Å². The molecule has 124 valence electrons. The van der Waals surface area contributed by atoms with Crippen LogP contribution < -0.4 is 4.74 Å². The summed E-state index contributed by atoms with van der Waals surface area (Å²) in [5, 5.41) is 0. The standard InChI is InChI=1S/C17H28O4Si/c1-8-15(18)20-16(21-22(6)7)12-9-10-13(17(2,3)4)14(11-12)19-5/h9-11,16,22H,8H2,1-7H3. The van der Waals surface area contributed by atoms with Crippen molar-refractivity contribution < 1.29 is 18.7 Å². The van der Waals surface area contributed by atoms with E-state index in [9.17, 15) is 4.79 Å². The zero-order chi connectivity index (χ0) is 16.9. The van der Waals surface area contributed by atoms with Crippen molar-refractivity contribution in [2.24, 2.45) is 0 Å². The molecular formula is C17H28O4Si. The van der Waals surface area contributed by atoms with Crippen molar-refractivity contribution in [2.45, 2.75) is 58.9 Å². The Labute approximate surface area is 135 Å². The minimum absolute atomic E-state index is 0.0207. The Kier molecular flexibility index (Phi) is 6.62. The third-order valence-corrected chi connectivity index (χ3v) is 4.02. The van der Waals surface area contributed by atoms with Crippen LogP contribution in [-0.4, -0.2) is 22.1 Å². The molecule has 0 saturated carbocycles. The van der Waals surface area contributed by atoms with E-state index in [0.29, 0.717) is 6.42 Å². The highest BCUT2D eigenvalue weighted by Crippen LogP contribution is 2.34. The molecule has 4 nitrogen and oxygen atoms in total. The van der Waals surface area contributed by atoms with Crippen molar-refractivity contribution in [1.29, 1.82) is 0 Å². The SMILES string of the molecule is CCC(=O)OC(O[SiH](C)C)c1ccc(C(C)(C)C)c(OC)c1. The number of carbonyl (C=O) groups is 1. The Balaban J connectivity index is 3.17. The van der Waals surface area contributed by atoms with Gasteiger partial charge in [-0.1, -0.05) is 39.8 Å². The summed E-state index contributed by atoms with van der Waals surface area (Å²) in [6.07, 6.45) is -0.321. The second-order valence-corrected chi connectivity index (χ2v) is 8.94. The van der Waals surface area contributed by atoms with Gasteiger partial charge in [0.15, 0.2) is 9.04 Å². The minimum Gasteiger partial charge on any atom is -0.496 e. The molecule has 5 heteroatoms. The van der Waals surface area contributed by atoms with Crippen LogP contribution in [0.1, 0.15) is 51.5 Å². The number of hydrogen-bond acceptors (Lipinski definition) is 4. The fourth-order valence-electron chi connectivity index (χ4n) is 2.10. The predicted molar refractivity (Wildman–Crippen MR) is 90.8 cm³/mol. The summed E-state index contributed by atoms with van der Waals surface area (Å²) < 4.78 is 16.8. The van der Waals surface area contributed by atoms with Gasteiger partial charge in [-0.3, -0.25) is 4.79 Å². The highest BCUT2D eigenvalue weighted by molar-refractivity contribution is 6.48. The Bertz CT molecular complexity index is 506. The average Bonchev–Trinajstić information content (AvgIpc) is 2.44. The fraction of sp³-hybridized carbons (Fsp3) is 0.588. The van der Waals surface area contributed by atoms with E-state index in [1.807, 2.05) is 31.3 Å². The molecule has 1 aromatic carbocycles. The molecule has 0 heterocycles. The zero-order valence-electron chi connectivity index (χ0n) is 14.7. The summed E-state index contributed by atoms with van der Waals surface area (Å²) in [5.41, 5.74) is 1.90. The summed E-state index contributed by atoms with van der Waals surface area (Å²) in [6, 6.07) is 5.88. The molecule has 1 unspecified atom stereocenters. The summed E-state index contributed by atoms with van der Waals surface area (Å²) in [4.78, 5) is 11.6. The number of rotatable bonds is 6. The summed E-state index contributed by atoms with van der Waals surface area (Å²) in [7, 11) is 0.296. The highest BCUT2D eigenvalue weighted by Gasteiger charge is 2.23. The third-order valence-electron chi connectivity index (χ3n) is 3.23. The van der Waals surface area contributed by atoms with E-state index in [-0.39, 0.29) is 11.4 Å². The lowest BCUT2D eigenvalue weighted by atomic mass is 9.86. The molecule has 0 amide bonds. The maximum Gasteiger partial charge on any atom is 0.308 e. The van der Waals surface area contributed by atoms with E-state index >= 15 is 0 Å². The van der Waals surface area contributed by atoms with Crippen LogP contribution in [0.3, 0.4) is 0 Å². The normalized spacial score (nSPS) is 13.1. The van der Waals surface area contributed by atoms with Crippen molar-refractivity contribution in [3.63, 3.8) is 0 Å². The molecule has 1 aromatic rings. The van der Waals surface area contributed by atoms with Gasteiger partial charge in [0.25, 0.3) is 0 Å². The Morgan fingerprint density at radius 3 is 2.36 bits per heavy atom. The Hall–Kier alpha value is -1.33. The number of benzene rings is 1. The zero-order valence-corrected chi connectivity index (χ0v) is 15.9. The smallest absolute Gasteiger partial charge is 0.308 e. The molecule has 22 heavy (non-hydrogen) atoms. The van der Waals surface area contributed by atoms with E-state index in [1.165, 1.54) is 0 Å². The largest absolute Gasteiger partial charge is 0.496 e. The van der Waals surface area contributed by atoms with E-state index < -0.39 is 15.3 Å². The molecule has 0 aliphatic heterocycles. The van der Waals surface area contributed by atoms with E-state index in [4.69, 9.17) is 13.9 Å². The number of ether oxygens (including phenoxy) is 2. The monoisotopic (exact) mass is 324 g/mol. The topological polar surface area (TPSA) is 44.8 Å². The van der Waals surface area contributed by atoms with Gasteiger partial charge in [-0.05, 0) is 30.1 Å². The van der Waals surface area contributed by atoms with Gasteiger partial charge >= 0.3 is 5.97 Å². The van der Waals surface area contributed by atoms with Crippen LogP contribution in [0.25, 0.3) is 0 Å². The highest BCUT2D eigenvalue weighted by atomic mass is 28.3. The van der Waals surface area contributed by atoms with Gasteiger partial charge in [-0.25, -0.2) is 0 Å². The van der Waals surface area contributed by atoms with Gasteiger partial charge in [0.1, 0.15) is 5.75 Å². The summed E-state index contributed by atoms with van der Waals surface area (Å²) in [5.74, 6) is 0.523. The van der Waals surface area contributed by atoms with Crippen LogP contribution in [0.4, 0.5) is 0 Å². The minimum atomic E-state index is -1.36. The van der Waals surface area contributed by atoms with Crippen molar-refractivity contribution in [2.75, 3.05) is 7.11 Å². The molecule has 1 rings (SSSR count). The number of hydrogen-bond donors (Lipinski definition) is 0. The fourth-order valence-corrected chi connectivity index (χ4v) is 2.81. The third kappa shape index (κ3) is 5.14. The average molecular weight is 324 g/mol. The van der Waals surface area contributed by atoms with Gasteiger partial charge in [0, 0.05) is 12.0 Å². The molecule has 0 radical (unpaired) electrons. The molecule has 0 N–H and O–H groups in total. The first-order valence-corrected chi connectivity index (χ1v) is 10.5. The second kappa shape index (κ2) is 7.79. The Morgan fingerprint density at radius 1 is 1.27 bits per heavy atom. The van der Waals surface area contributed by atoms with Gasteiger partial charge in [0.2, 0.25) is 6.29 Å². The van der Waals surface area contributed by atoms with Crippen molar-refractivity contribution in [3.05, 3.63) is 29.3 Å². The Morgan fingerprint density at radius 2 is 1.91 bits per heavy atom. The molecule has 0 saturated heterocycles. The number of carbonyl (C=O) groups excluding carboxylic acids is 1. The lowest BCUT2D eigenvalue weighted by Crippen LogP contribution is -2.20. The first-order chi connectivity index (χ1) is 10.2. The predicted octanol–water partition coefficient (Wildman–Crippen LogP) is 3.94. The van der Waals surface area contributed by atoms with Gasteiger partial charge in [0.05, 0.1) is 7.11 Å². The van der Waals surface area contributed by atoms with Crippen molar-refractivity contribution in [3.8, 4) is 5.75 Å². The maximum atomic E-state index is 11.6. The first kappa shape index (κ1) is 18.7. The summed E-state index contributed by atoms with van der Waals surface area (Å²) >= 11 is 0. The molecule has 1 atom stereocenters. The van der Waals surface area contributed by atoms with Crippen LogP contribution in [-0.2, 0) is 19.4 Å². The number of methoxy groups -OCH3 is 1. The van der Waals surface area contributed by atoms with E-state index in [1.54, 1.807) is 14.0 Å². The van der Waals surface area contributed by atoms with Gasteiger partial charge in [-0.2, -0.15) is 0 Å². The molecule has 0 bridgehead atoms. The molecule has 0 aliphatic rings. The maximum absolute atomic E-state index is 11.6. The number of esters is 1. The molecule has 0 spiro atoms. The lowest BCUT2D eigenvalue weighted by Gasteiger charge is -2.25. The van der Waals surface area contributed by atoms with Gasteiger partial charge in [-0.15, -0.1) is 0 Å². The van der Waals surface area contributed by atoms with Crippen molar-refractivity contribution >= 4 is 15.0 Å². The van der Waals surface area contributed by atoms with Crippen LogP contribution in [0.15, 0.2) is 18.2 Å².